The van der Waals surface area contributed by atoms with Crippen LogP contribution in [0.15, 0.2) is 97.2 Å². The average Bonchev–Trinajstić information content (AvgIpc) is 2.46. The zero-order valence-corrected chi connectivity index (χ0v) is 53.8. The van der Waals surface area contributed by atoms with Crippen LogP contribution in [0, 0.1) is 0 Å². The first-order valence-electron chi connectivity index (χ1n) is 34.5. The fourth-order valence-electron chi connectivity index (χ4n) is 10.8. The van der Waals surface area contributed by atoms with Gasteiger partial charge in [0.15, 0.2) is 12.6 Å². The van der Waals surface area contributed by atoms with Gasteiger partial charge in [-0.2, -0.15) is 0 Å². The molecule has 14 heteroatoms. The van der Waals surface area contributed by atoms with Crippen molar-refractivity contribution in [1.82, 2.24) is 5.32 Å². The molecule has 0 spiro atoms. The first-order valence-corrected chi connectivity index (χ1v) is 34.5. The van der Waals surface area contributed by atoms with Gasteiger partial charge in [-0.25, -0.2) is 0 Å². The Labute approximate surface area is 522 Å². The van der Waals surface area contributed by atoms with E-state index >= 15 is 0 Å². The SMILES string of the molecule is CC/C=C\C/C=C\C/C=C\C/C=C\C/C=C\CCCCCCCCCCCCCCCCCCCCCC(=O)NC(COC1OC(CO)C(OC2OC(CO)C(O)C(O)C2O)C(O)C1O)C(O)/C=C/CC/C=C/CC/C=C/CCCCCCCCC. The molecule has 0 saturated carbocycles. The molecule has 2 saturated heterocycles. The summed E-state index contributed by atoms with van der Waals surface area (Å²) in [4.78, 5) is 13.3. The second kappa shape index (κ2) is 55.9. The molecule has 0 aromatic heterocycles. The van der Waals surface area contributed by atoms with E-state index in [1.54, 1.807) is 6.08 Å². The molecule has 496 valence electrons. The lowest BCUT2D eigenvalue weighted by atomic mass is 9.97. The van der Waals surface area contributed by atoms with Gasteiger partial charge in [-0.05, 0) is 89.9 Å². The summed E-state index contributed by atoms with van der Waals surface area (Å²) in [5, 5.41) is 87.3. The second-order valence-electron chi connectivity index (χ2n) is 23.9. The number of aliphatic hydroxyl groups excluding tert-OH is 8. The van der Waals surface area contributed by atoms with Crippen LogP contribution in [-0.2, 0) is 23.7 Å². The Balaban J connectivity index is 1.64. The van der Waals surface area contributed by atoms with Crippen LogP contribution in [0.3, 0.4) is 0 Å². The van der Waals surface area contributed by atoms with Crippen molar-refractivity contribution >= 4 is 5.91 Å². The molecule has 2 fully saturated rings. The number of allylic oxidation sites excluding steroid dienone is 15. The van der Waals surface area contributed by atoms with Gasteiger partial charge in [-0.3, -0.25) is 4.79 Å². The first-order chi connectivity index (χ1) is 42.1. The maximum atomic E-state index is 13.3. The third-order valence-corrected chi connectivity index (χ3v) is 16.2. The quantitative estimate of drug-likeness (QED) is 0.0204. The number of rotatable bonds is 55. The van der Waals surface area contributed by atoms with E-state index in [0.29, 0.717) is 12.8 Å². The fourth-order valence-corrected chi connectivity index (χ4v) is 10.8. The minimum atomic E-state index is -1.80. The molecule has 2 heterocycles. The van der Waals surface area contributed by atoms with Gasteiger partial charge in [0.2, 0.25) is 5.91 Å². The number of amides is 1. The summed E-state index contributed by atoms with van der Waals surface area (Å²) >= 11 is 0. The minimum absolute atomic E-state index is 0.253. The number of nitrogens with one attached hydrogen (secondary N) is 1. The lowest BCUT2D eigenvalue weighted by Gasteiger charge is -2.46. The molecule has 0 radical (unpaired) electrons. The zero-order valence-electron chi connectivity index (χ0n) is 53.8. The van der Waals surface area contributed by atoms with Gasteiger partial charge in [0.25, 0.3) is 0 Å². The minimum Gasteiger partial charge on any atom is -0.394 e. The normalized spacial score (nSPS) is 24.0. The summed E-state index contributed by atoms with van der Waals surface area (Å²) in [5.41, 5.74) is 0. The number of hydrogen-bond acceptors (Lipinski definition) is 13. The summed E-state index contributed by atoms with van der Waals surface area (Å²) in [6, 6.07) is -0.942. The Bertz CT molecular complexity index is 1810. The van der Waals surface area contributed by atoms with Crippen molar-refractivity contribution in [3.63, 3.8) is 0 Å². The van der Waals surface area contributed by atoms with Crippen LogP contribution in [0.1, 0.15) is 258 Å². The summed E-state index contributed by atoms with van der Waals surface area (Å²) in [6.45, 7) is 2.66. The van der Waals surface area contributed by atoms with Crippen molar-refractivity contribution in [3.05, 3.63) is 97.2 Å². The Morgan fingerprint density at radius 3 is 1.28 bits per heavy atom. The zero-order chi connectivity index (χ0) is 62.3. The predicted octanol–water partition coefficient (Wildman–Crippen LogP) is 13.8. The van der Waals surface area contributed by atoms with Crippen molar-refractivity contribution < 1.29 is 64.6 Å². The van der Waals surface area contributed by atoms with Crippen molar-refractivity contribution in [3.8, 4) is 0 Å². The highest BCUT2D eigenvalue weighted by Crippen LogP contribution is 2.30. The Hall–Kier alpha value is -3.09. The lowest BCUT2D eigenvalue weighted by Crippen LogP contribution is -2.65. The van der Waals surface area contributed by atoms with Crippen molar-refractivity contribution in [2.24, 2.45) is 0 Å². The summed E-state index contributed by atoms with van der Waals surface area (Å²) in [7, 11) is 0. The number of ether oxygens (including phenoxy) is 4. The molecular formula is C72H125NO13. The van der Waals surface area contributed by atoms with Crippen LogP contribution in [0.2, 0.25) is 0 Å². The van der Waals surface area contributed by atoms with Crippen molar-refractivity contribution in [2.75, 3.05) is 19.8 Å². The number of hydrogen-bond donors (Lipinski definition) is 9. The number of carbonyl (C=O) groups excluding carboxylic acids is 1. The molecule has 12 unspecified atom stereocenters. The van der Waals surface area contributed by atoms with Gasteiger partial charge in [0, 0.05) is 6.42 Å². The number of aliphatic hydroxyl groups is 8. The van der Waals surface area contributed by atoms with E-state index in [1.807, 2.05) is 6.08 Å². The van der Waals surface area contributed by atoms with Gasteiger partial charge >= 0.3 is 0 Å². The first kappa shape index (κ1) is 79.0. The standard InChI is InChI=1S/C72H125NO13/c1-3-5-7-9-11-13-15-17-19-21-22-23-24-25-26-27-28-29-30-31-32-33-34-35-36-37-38-40-42-44-46-48-50-52-54-56-64(77)73-60(61(76)55-53-51-49-47-45-43-41-39-20-18-16-14-12-10-8-6-4-2)59-83-71-69(82)67(80)70(63(58-75)85-71)86-72-68(81)66(79)65(78)62(57-74)84-72/h5,7,11,13,17,19-20,22-23,25-26,39,45,47,53,55,60-63,65-72,74-76,78-82H,3-4,6,8-10,12,14-16,18,21,24,27-38,40-44,46,48-52,54,56-59H2,1-2H3,(H,73,77)/b7-5-,13-11-,19-17-,23-22-,26-25-,39-20+,47-45+,55-53+. The van der Waals surface area contributed by atoms with Crippen LogP contribution >= 0.6 is 0 Å². The van der Waals surface area contributed by atoms with Crippen LogP contribution in [-0.4, -0.2) is 140 Å². The summed E-state index contributed by atoms with van der Waals surface area (Å²) in [6.07, 6.45) is 61.8. The highest BCUT2D eigenvalue weighted by Gasteiger charge is 2.51. The lowest BCUT2D eigenvalue weighted by molar-refractivity contribution is -0.359. The molecule has 2 aliphatic rings. The molecule has 1 amide bonds. The molecule has 0 aliphatic carbocycles. The average molecular weight is 1210 g/mol. The van der Waals surface area contributed by atoms with Gasteiger partial charge in [0.1, 0.15) is 48.8 Å². The Kier molecular flexibility index (Phi) is 51.4. The highest BCUT2D eigenvalue weighted by atomic mass is 16.7. The number of carbonyl (C=O) groups is 1. The number of unbranched alkanes of at least 4 members (excludes halogenated alkanes) is 28. The fraction of sp³-hybridized carbons (Fsp3) is 0.764. The molecule has 9 N–H and O–H groups in total. The molecule has 2 rings (SSSR count). The van der Waals surface area contributed by atoms with E-state index in [2.05, 4.69) is 104 Å². The maximum absolute atomic E-state index is 13.3. The molecular weight excluding hydrogens is 1090 g/mol. The molecule has 12 atom stereocenters. The summed E-state index contributed by atoms with van der Waals surface area (Å²) < 4.78 is 22.8. The van der Waals surface area contributed by atoms with Gasteiger partial charge in [-0.1, -0.05) is 259 Å². The molecule has 14 nitrogen and oxygen atoms in total. The van der Waals surface area contributed by atoms with Gasteiger partial charge in [0.05, 0.1) is 32.0 Å². The van der Waals surface area contributed by atoms with Crippen LogP contribution in [0.25, 0.3) is 0 Å². The second-order valence-corrected chi connectivity index (χ2v) is 23.9. The summed E-state index contributed by atoms with van der Waals surface area (Å²) in [5.74, 6) is -0.253. The molecule has 0 bridgehead atoms. The van der Waals surface area contributed by atoms with E-state index in [9.17, 15) is 45.6 Å². The van der Waals surface area contributed by atoms with E-state index < -0.39 is 86.8 Å². The Morgan fingerprint density at radius 1 is 0.430 bits per heavy atom. The van der Waals surface area contributed by atoms with E-state index in [-0.39, 0.29) is 18.9 Å². The van der Waals surface area contributed by atoms with E-state index in [0.717, 1.165) is 77.0 Å². The van der Waals surface area contributed by atoms with Crippen LogP contribution < -0.4 is 5.32 Å². The van der Waals surface area contributed by atoms with E-state index in [1.165, 1.54) is 148 Å². The largest absolute Gasteiger partial charge is 0.394 e. The topological polar surface area (TPSA) is 228 Å². The van der Waals surface area contributed by atoms with Crippen LogP contribution in [0.5, 0.6) is 0 Å². The smallest absolute Gasteiger partial charge is 0.220 e. The van der Waals surface area contributed by atoms with Gasteiger partial charge < -0.3 is 65.1 Å². The van der Waals surface area contributed by atoms with Crippen molar-refractivity contribution in [1.29, 1.82) is 0 Å². The maximum Gasteiger partial charge on any atom is 0.220 e. The third kappa shape index (κ3) is 39.8. The predicted molar refractivity (Wildman–Crippen MR) is 350 cm³/mol. The van der Waals surface area contributed by atoms with Crippen LogP contribution in [0.4, 0.5) is 0 Å². The molecule has 0 aromatic rings. The van der Waals surface area contributed by atoms with Crippen molar-refractivity contribution in [2.45, 2.75) is 331 Å². The van der Waals surface area contributed by atoms with E-state index in [4.69, 9.17) is 18.9 Å². The Morgan fingerprint density at radius 2 is 0.814 bits per heavy atom. The molecule has 2 aliphatic heterocycles. The highest BCUT2D eigenvalue weighted by molar-refractivity contribution is 5.76. The monoisotopic (exact) mass is 1210 g/mol. The third-order valence-electron chi connectivity index (χ3n) is 16.2. The van der Waals surface area contributed by atoms with Gasteiger partial charge in [-0.15, -0.1) is 0 Å². The molecule has 0 aromatic carbocycles. The molecule has 86 heavy (non-hydrogen) atoms.